The number of carbonyl (C=O) groups excluding carboxylic acids is 1. The predicted molar refractivity (Wildman–Crippen MR) is 176 cm³/mol. The molecule has 1 aromatic heterocycles. The van der Waals surface area contributed by atoms with Crippen molar-refractivity contribution in [1.29, 1.82) is 0 Å². The van der Waals surface area contributed by atoms with E-state index in [1.165, 1.54) is 62.9 Å². The van der Waals surface area contributed by atoms with Gasteiger partial charge in [-0.05, 0) is 60.2 Å². The average Bonchev–Trinajstić information content (AvgIpc) is 3.73. The van der Waals surface area contributed by atoms with Crippen molar-refractivity contribution in [1.82, 2.24) is 13.6 Å². The molecule has 0 N–H and O–H groups in total. The lowest BCUT2D eigenvalue weighted by Gasteiger charge is -2.26. The Bertz CT molecular complexity index is 1860. The number of hydrogen-bond acceptors (Lipinski definition) is 10. The minimum absolute atomic E-state index is 0.0136. The highest BCUT2D eigenvalue weighted by Crippen LogP contribution is 2.39. The minimum atomic E-state index is -4.38. The fourth-order valence-corrected chi connectivity index (χ4v) is 9.43. The third-order valence-corrected chi connectivity index (χ3v) is 13.2. The van der Waals surface area contributed by atoms with Gasteiger partial charge in [0.1, 0.15) is 6.10 Å². The van der Waals surface area contributed by atoms with E-state index in [-0.39, 0.29) is 62.6 Å². The summed E-state index contributed by atoms with van der Waals surface area (Å²) in [5.41, 5.74) is 0.695. The first kappa shape index (κ1) is 36.5. The van der Waals surface area contributed by atoms with Crippen molar-refractivity contribution in [2.45, 2.75) is 47.1 Å². The van der Waals surface area contributed by atoms with Gasteiger partial charge < -0.3 is 14.2 Å². The number of sulfonamides is 2. The third-order valence-electron chi connectivity index (χ3n) is 7.57. The van der Waals surface area contributed by atoms with Crippen LogP contribution in [0, 0.1) is 5.92 Å². The molecule has 0 amide bonds. The Hall–Kier alpha value is -2.73. The molecule has 2 atom stereocenters. The molecule has 3 aromatic rings. The zero-order chi connectivity index (χ0) is 34.8. The Morgan fingerprint density at radius 3 is 2.38 bits per heavy atom. The summed E-state index contributed by atoms with van der Waals surface area (Å²) in [7, 11) is -5.68. The Morgan fingerprint density at radius 2 is 1.73 bits per heavy atom. The van der Waals surface area contributed by atoms with E-state index in [0.717, 1.165) is 39.3 Å². The second-order valence-electron chi connectivity index (χ2n) is 11.2. The number of hydrogen-bond donors (Lipinski definition) is 0. The van der Waals surface area contributed by atoms with Crippen molar-refractivity contribution >= 4 is 61.0 Å². The second kappa shape index (κ2) is 15.0. The summed E-state index contributed by atoms with van der Waals surface area (Å²) < 4.78 is 97.7. The summed E-state index contributed by atoms with van der Waals surface area (Å²) in [4.78, 5) is 17.2. The number of ether oxygens (including phenoxy) is 3. The lowest BCUT2D eigenvalue weighted by molar-refractivity contribution is -0.150. The number of rotatable bonds is 14. The fraction of sp³-hybridized carbons (Fsp3) is 0.400. The molecule has 0 radical (unpaired) electrons. The predicted octanol–water partition coefficient (Wildman–Crippen LogP) is 5.62. The zero-order valence-corrected chi connectivity index (χ0v) is 29.6. The molecule has 0 unspecified atom stereocenters. The summed E-state index contributed by atoms with van der Waals surface area (Å²) in [6.45, 7) is -2.89. The van der Waals surface area contributed by atoms with Crippen molar-refractivity contribution in [3.8, 4) is 11.5 Å². The van der Waals surface area contributed by atoms with Gasteiger partial charge >= 0.3 is 12.6 Å². The van der Waals surface area contributed by atoms with Crippen LogP contribution in [0.25, 0.3) is 0 Å². The number of alkyl halides is 2. The van der Waals surface area contributed by atoms with Crippen LogP contribution >= 0.6 is 35.0 Å². The maximum absolute atomic E-state index is 13.8. The molecular weight excluding hydrogens is 735 g/mol. The Labute approximate surface area is 291 Å². The number of halogens is 4. The monoisotopic (exact) mass is 765 g/mol. The van der Waals surface area contributed by atoms with Gasteiger partial charge in [0, 0.05) is 45.2 Å². The number of nitrogens with zero attached hydrogens (tertiary/aromatic N) is 3. The van der Waals surface area contributed by atoms with Gasteiger partial charge in [-0.15, -0.1) is 11.8 Å². The van der Waals surface area contributed by atoms with E-state index >= 15 is 0 Å². The van der Waals surface area contributed by atoms with Crippen molar-refractivity contribution in [3.05, 3.63) is 76.0 Å². The summed E-state index contributed by atoms with van der Waals surface area (Å²) in [6, 6.07) is 9.00. The van der Waals surface area contributed by atoms with Crippen LogP contribution in [0.2, 0.25) is 10.0 Å². The minimum Gasteiger partial charge on any atom is -0.489 e. The smallest absolute Gasteiger partial charge is 0.387 e. The summed E-state index contributed by atoms with van der Waals surface area (Å²) in [5, 5.41) is -0.973. The van der Waals surface area contributed by atoms with Crippen molar-refractivity contribution in [2.75, 3.05) is 33.0 Å². The zero-order valence-electron chi connectivity index (χ0n) is 25.6. The van der Waals surface area contributed by atoms with Crippen LogP contribution in [-0.2, 0) is 36.0 Å². The summed E-state index contributed by atoms with van der Waals surface area (Å²) in [6.07, 6.45) is 3.38. The SMILES string of the molecule is CN(C)S(=O)(=O)c1cccc(S(=O)(=O)N2CCS[C@H]2C(=O)O[C@@H](Cc2c(Cl)cncc2Cl)c2ccc(OC(F)F)c(OCC3CC3)c2)c1. The number of esters is 1. The van der Waals surface area contributed by atoms with E-state index in [2.05, 4.69) is 9.72 Å². The standard InChI is InChI=1S/C30H31Cl2F2N3O8S3/c1-36(2)47(39,40)20-4-3-5-21(13-20)48(41,42)37-10-11-46-28(37)29(38)44-26(14-22-23(31)15-35-16-24(22)32)19-8-9-25(45-30(33)34)27(12-19)43-17-18-6-7-18/h3-5,8-9,12-13,15-16,18,26,28,30H,6-7,10-11,14,17H2,1-2H3/t26-,28-/m0/s1. The van der Waals surface area contributed by atoms with Crippen LogP contribution < -0.4 is 9.47 Å². The van der Waals surface area contributed by atoms with Gasteiger partial charge in [0.05, 0.1) is 26.4 Å². The summed E-state index contributed by atoms with van der Waals surface area (Å²) in [5.74, 6) is -0.577. The summed E-state index contributed by atoms with van der Waals surface area (Å²) >= 11 is 13.8. The molecule has 1 saturated heterocycles. The van der Waals surface area contributed by atoms with Gasteiger partial charge in [-0.25, -0.2) is 25.9 Å². The highest BCUT2D eigenvalue weighted by atomic mass is 35.5. The van der Waals surface area contributed by atoms with Gasteiger partial charge in [0.25, 0.3) is 0 Å². The maximum Gasteiger partial charge on any atom is 0.387 e. The van der Waals surface area contributed by atoms with Crippen LogP contribution in [0.3, 0.4) is 0 Å². The first-order valence-electron chi connectivity index (χ1n) is 14.5. The molecule has 0 spiro atoms. The molecule has 2 fully saturated rings. The Morgan fingerprint density at radius 1 is 1.04 bits per heavy atom. The molecule has 2 heterocycles. The van der Waals surface area contributed by atoms with Crippen LogP contribution in [-0.4, -0.2) is 81.4 Å². The third kappa shape index (κ3) is 8.34. The largest absolute Gasteiger partial charge is 0.489 e. The normalized spacial score (nSPS) is 17.9. The second-order valence-corrected chi connectivity index (χ2v) is 17.2. The molecule has 2 aliphatic rings. The lowest BCUT2D eigenvalue weighted by Crippen LogP contribution is -2.40. The first-order valence-corrected chi connectivity index (χ1v) is 19.2. The Kier molecular flexibility index (Phi) is 11.4. The molecule has 0 bridgehead atoms. The van der Waals surface area contributed by atoms with Crippen molar-refractivity contribution in [2.24, 2.45) is 5.92 Å². The van der Waals surface area contributed by atoms with E-state index < -0.39 is 44.1 Å². The number of carbonyl (C=O) groups is 1. The molecule has 260 valence electrons. The molecule has 11 nitrogen and oxygen atoms in total. The molecule has 1 aliphatic carbocycles. The van der Waals surface area contributed by atoms with Crippen LogP contribution in [0.15, 0.2) is 64.6 Å². The van der Waals surface area contributed by atoms with Crippen LogP contribution in [0.4, 0.5) is 8.78 Å². The van der Waals surface area contributed by atoms with E-state index in [0.29, 0.717) is 11.1 Å². The molecule has 1 saturated carbocycles. The quantitative estimate of drug-likeness (QED) is 0.191. The van der Waals surface area contributed by atoms with Gasteiger partial charge in [-0.2, -0.15) is 13.1 Å². The Balaban J connectivity index is 1.47. The van der Waals surface area contributed by atoms with E-state index in [9.17, 15) is 30.4 Å². The van der Waals surface area contributed by atoms with Crippen molar-refractivity contribution in [3.63, 3.8) is 0 Å². The molecule has 5 rings (SSSR count). The highest BCUT2D eigenvalue weighted by molar-refractivity contribution is 8.02. The first-order chi connectivity index (χ1) is 22.7. The van der Waals surface area contributed by atoms with Crippen LogP contribution in [0.1, 0.15) is 30.1 Å². The van der Waals surface area contributed by atoms with Crippen LogP contribution in [0.5, 0.6) is 11.5 Å². The number of pyridine rings is 1. The molecule has 1 aliphatic heterocycles. The number of thioether (sulfide) groups is 1. The number of benzene rings is 2. The van der Waals surface area contributed by atoms with E-state index in [4.69, 9.17) is 32.7 Å². The molecule has 18 heteroatoms. The molecule has 48 heavy (non-hydrogen) atoms. The van der Waals surface area contributed by atoms with E-state index in [1.54, 1.807) is 0 Å². The van der Waals surface area contributed by atoms with Gasteiger partial charge in [0.15, 0.2) is 16.9 Å². The van der Waals surface area contributed by atoms with Gasteiger partial charge in [-0.1, -0.05) is 35.3 Å². The average molecular weight is 767 g/mol. The van der Waals surface area contributed by atoms with Crippen molar-refractivity contribution < 1.29 is 44.6 Å². The molecule has 2 aromatic carbocycles. The molecular formula is C30H31Cl2F2N3O8S3. The lowest BCUT2D eigenvalue weighted by atomic mass is 10.0. The fourth-order valence-electron chi connectivity index (χ4n) is 4.80. The number of aromatic nitrogens is 1. The van der Waals surface area contributed by atoms with E-state index in [1.807, 2.05) is 0 Å². The highest BCUT2D eigenvalue weighted by Gasteiger charge is 2.42. The van der Waals surface area contributed by atoms with Gasteiger partial charge in [-0.3, -0.25) is 4.98 Å². The van der Waals surface area contributed by atoms with Gasteiger partial charge in [0.2, 0.25) is 20.0 Å². The topological polar surface area (TPSA) is 132 Å². The maximum atomic E-state index is 13.8.